The number of carbonyl (C=O) groups excluding carboxylic acids is 2. The maximum Gasteiger partial charge on any atom is 0.417 e. The molecule has 0 aliphatic carbocycles. The molecule has 0 amide bonds. The molecule has 0 unspecified atom stereocenters. The molecule has 0 fully saturated rings. The van der Waals surface area contributed by atoms with Crippen molar-refractivity contribution in [1.29, 1.82) is 0 Å². The third kappa shape index (κ3) is 6.46. The van der Waals surface area contributed by atoms with Crippen molar-refractivity contribution in [2.75, 3.05) is 13.7 Å². The van der Waals surface area contributed by atoms with E-state index in [9.17, 15) is 9.59 Å². The average Bonchev–Trinajstić information content (AvgIpc) is 2.21. The van der Waals surface area contributed by atoms with Crippen molar-refractivity contribution in [3.63, 3.8) is 0 Å². The second-order valence-electron chi connectivity index (χ2n) is 3.04. The van der Waals surface area contributed by atoms with Gasteiger partial charge in [0.2, 0.25) is 0 Å². The van der Waals surface area contributed by atoms with E-state index in [2.05, 4.69) is 16.4 Å². The SMILES string of the molecule is CCCCCCCOC(=O)C(=O)OC. The normalized spacial score (nSPS) is 9.57. The minimum absolute atomic E-state index is 0.303. The zero-order chi connectivity index (χ0) is 10.8. The Morgan fingerprint density at radius 3 is 2.21 bits per heavy atom. The zero-order valence-electron chi connectivity index (χ0n) is 8.88. The molecule has 0 radical (unpaired) electrons. The Bertz CT molecular complexity index is 177. The van der Waals surface area contributed by atoms with Crippen LogP contribution in [0.25, 0.3) is 0 Å². The lowest BCUT2D eigenvalue weighted by Gasteiger charge is -2.02. The molecule has 14 heavy (non-hydrogen) atoms. The van der Waals surface area contributed by atoms with E-state index < -0.39 is 11.9 Å². The van der Waals surface area contributed by atoms with Gasteiger partial charge in [-0.25, -0.2) is 9.59 Å². The van der Waals surface area contributed by atoms with Crippen LogP contribution in [0.4, 0.5) is 0 Å². The predicted molar refractivity (Wildman–Crippen MR) is 51.7 cm³/mol. The van der Waals surface area contributed by atoms with Crippen molar-refractivity contribution in [3.05, 3.63) is 0 Å². The lowest BCUT2D eigenvalue weighted by atomic mass is 10.2. The van der Waals surface area contributed by atoms with Gasteiger partial charge in [0.15, 0.2) is 0 Å². The van der Waals surface area contributed by atoms with Gasteiger partial charge in [-0.15, -0.1) is 0 Å². The Kier molecular flexibility index (Phi) is 7.89. The van der Waals surface area contributed by atoms with Crippen LogP contribution < -0.4 is 0 Å². The summed E-state index contributed by atoms with van der Waals surface area (Å²) in [5, 5.41) is 0. The largest absolute Gasteiger partial charge is 0.461 e. The molecule has 0 N–H and O–H groups in total. The molecule has 0 saturated heterocycles. The fourth-order valence-electron chi connectivity index (χ4n) is 1.01. The second kappa shape index (κ2) is 8.53. The fourth-order valence-corrected chi connectivity index (χ4v) is 1.01. The number of unbranched alkanes of at least 4 members (excludes halogenated alkanes) is 4. The first-order valence-electron chi connectivity index (χ1n) is 4.97. The molecule has 4 heteroatoms. The average molecular weight is 202 g/mol. The molecule has 4 nitrogen and oxygen atoms in total. The third-order valence-corrected chi connectivity index (χ3v) is 1.83. The first kappa shape index (κ1) is 12.9. The summed E-state index contributed by atoms with van der Waals surface area (Å²) in [6, 6.07) is 0. The Balaban J connectivity index is 3.27. The molecule has 0 rings (SSSR count). The van der Waals surface area contributed by atoms with Gasteiger partial charge < -0.3 is 9.47 Å². The monoisotopic (exact) mass is 202 g/mol. The van der Waals surface area contributed by atoms with E-state index in [0.717, 1.165) is 26.4 Å². The topological polar surface area (TPSA) is 52.6 Å². The first-order valence-corrected chi connectivity index (χ1v) is 4.97. The Morgan fingerprint density at radius 1 is 1.00 bits per heavy atom. The number of hydrogen-bond donors (Lipinski definition) is 0. The van der Waals surface area contributed by atoms with Crippen LogP contribution in [0, 0.1) is 0 Å². The molecule has 0 saturated carbocycles. The van der Waals surface area contributed by atoms with Crippen LogP contribution >= 0.6 is 0 Å². The number of esters is 2. The summed E-state index contributed by atoms with van der Waals surface area (Å²) in [4.78, 5) is 21.3. The summed E-state index contributed by atoms with van der Waals surface area (Å²) in [6.07, 6.45) is 5.37. The molecular weight excluding hydrogens is 184 g/mol. The number of hydrogen-bond acceptors (Lipinski definition) is 4. The van der Waals surface area contributed by atoms with Crippen LogP contribution in [0.5, 0.6) is 0 Å². The van der Waals surface area contributed by atoms with Gasteiger partial charge in [0.05, 0.1) is 13.7 Å². The lowest BCUT2D eigenvalue weighted by Crippen LogP contribution is -2.19. The molecule has 82 valence electrons. The van der Waals surface area contributed by atoms with Gasteiger partial charge in [-0.05, 0) is 6.42 Å². The summed E-state index contributed by atoms with van der Waals surface area (Å²) in [6.45, 7) is 2.44. The number of carbonyl (C=O) groups is 2. The van der Waals surface area contributed by atoms with E-state index in [4.69, 9.17) is 0 Å². The summed E-state index contributed by atoms with van der Waals surface area (Å²) >= 11 is 0. The third-order valence-electron chi connectivity index (χ3n) is 1.83. The fraction of sp³-hybridized carbons (Fsp3) is 0.800. The van der Waals surface area contributed by atoms with E-state index in [1.54, 1.807) is 0 Å². The highest BCUT2D eigenvalue weighted by Crippen LogP contribution is 2.02. The number of rotatable bonds is 6. The standard InChI is InChI=1S/C10H18O4/c1-3-4-5-6-7-8-14-10(12)9(11)13-2/h3-8H2,1-2H3. The van der Waals surface area contributed by atoms with Gasteiger partial charge in [-0.2, -0.15) is 0 Å². The van der Waals surface area contributed by atoms with Gasteiger partial charge in [0.25, 0.3) is 0 Å². The highest BCUT2D eigenvalue weighted by molar-refractivity contribution is 6.29. The Hall–Kier alpha value is -1.06. The highest BCUT2D eigenvalue weighted by Gasteiger charge is 2.14. The summed E-state index contributed by atoms with van der Waals surface area (Å²) < 4.78 is 8.86. The number of methoxy groups -OCH3 is 1. The van der Waals surface area contributed by atoms with Crippen LogP contribution in [0.15, 0.2) is 0 Å². The second-order valence-corrected chi connectivity index (χ2v) is 3.04. The van der Waals surface area contributed by atoms with Gasteiger partial charge >= 0.3 is 11.9 Å². The molecule has 0 heterocycles. The molecule has 0 aromatic carbocycles. The summed E-state index contributed by atoms with van der Waals surface area (Å²) in [7, 11) is 1.16. The Labute approximate surface area is 84.6 Å². The van der Waals surface area contributed by atoms with Crippen molar-refractivity contribution in [2.24, 2.45) is 0 Å². The maximum absolute atomic E-state index is 10.8. The minimum atomic E-state index is -0.932. The van der Waals surface area contributed by atoms with Crippen molar-refractivity contribution < 1.29 is 19.1 Å². The van der Waals surface area contributed by atoms with Crippen molar-refractivity contribution in [1.82, 2.24) is 0 Å². The first-order chi connectivity index (χ1) is 6.72. The van der Waals surface area contributed by atoms with Gasteiger partial charge in [-0.1, -0.05) is 32.6 Å². The molecule has 0 aliphatic rings. The smallest absolute Gasteiger partial charge is 0.417 e. The highest BCUT2D eigenvalue weighted by atomic mass is 16.6. The molecule has 0 spiro atoms. The molecular formula is C10H18O4. The molecule has 0 aromatic heterocycles. The van der Waals surface area contributed by atoms with E-state index in [0.29, 0.717) is 6.61 Å². The van der Waals surface area contributed by atoms with E-state index >= 15 is 0 Å². The van der Waals surface area contributed by atoms with Gasteiger partial charge in [-0.3, -0.25) is 0 Å². The predicted octanol–water partition coefficient (Wildman–Crippen LogP) is 1.67. The summed E-state index contributed by atoms with van der Waals surface area (Å²) in [5.74, 6) is -1.83. The van der Waals surface area contributed by atoms with Crippen molar-refractivity contribution >= 4 is 11.9 Å². The van der Waals surface area contributed by atoms with Crippen LogP contribution in [-0.4, -0.2) is 25.7 Å². The van der Waals surface area contributed by atoms with Gasteiger partial charge in [0.1, 0.15) is 0 Å². The van der Waals surface area contributed by atoms with Crippen LogP contribution in [0.3, 0.4) is 0 Å². The quantitative estimate of drug-likeness (QED) is 0.373. The van der Waals surface area contributed by atoms with Crippen molar-refractivity contribution in [3.8, 4) is 0 Å². The zero-order valence-corrected chi connectivity index (χ0v) is 8.88. The lowest BCUT2D eigenvalue weighted by molar-refractivity contribution is -0.165. The van der Waals surface area contributed by atoms with Crippen LogP contribution in [0.1, 0.15) is 39.0 Å². The molecule has 0 bridgehead atoms. The minimum Gasteiger partial charge on any atom is -0.461 e. The maximum atomic E-state index is 10.8. The van der Waals surface area contributed by atoms with Crippen molar-refractivity contribution in [2.45, 2.75) is 39.0 Å². The van der Waals surface area contributed by atoms with E-state index in [1.165, 1.54) is 12.8 Å². The summed E-state index contributed by atoms with van der Waals surface area (Å²) in [5.41, 5.74) is 0. The molecule has 0 aromatic rings. The van der Waals surface area contributed by atoms with E-state index in [-0.39, 0.29) is 0 Å². The Morgan fingerprint density at radius 2 is 1.64 bits per heavy atom. The van der Waals surface area contributed by atoms with E-state index in [1.807, 2.05) is 0 Å². The van der Waals surface area contributed by atoms with Crippen LogP contribution in [0.2, 0.25) is 0 Å². The molecule has 0 aliphatic heterocycles. The van der Waals surface area contributed by atoms with Gasteiger partial charge in [0, 0.05) is 0 Å². The molecule has 0 atom stereocenters. The number of ether oxygens (including phenoxy) is 2. The van der Waals surface area contributed by atoms with Crippen LogP contribution in [-0.2, 0) is 19.1 Å².